The molecule has 1 amide bonds. The fourth-order valence-electron chi connectivity index (χ4n) is 3.16. The molecule has 1 aliphatic rings. The molecule has 1 fully saturated rings. The molecule has 144 valence electrons. The third-order valence-corrected chi connectivity index (χ3v) is 6.74. The molecular weight excluding hydrogens is 432 g/mol. The van der Waals surface area contributed by atoms with Crippen molar-refractivity contribution >= 4 is 31.9 Å². The quantitative estimate of drug-likeness (QED) is 0.745. The van der Waals surface area contributed by atoms with E-state index in [-0.39, 0.29) is 28.2 Å². The number of hydrogen-bond donors (Lipinski definition) is 2. The number of phenolic OH excluding ortho intramolecular Hbond substituents is 1. The van der Waals surface area contributed by atoms with Gasteiger partial charge in [-0.2, -0.15) is 0 Å². The number of aromatic hydroxyl groups is 1. The number of likely N-dealkylation sites (tertiary alicyclic amines) is 1. The molecule has 0 unspecified atom stereocenters. The molecule has 1 saturated heterocycles. The molecule has 0 aliphatic carbocycles. The van der Waals surface area contributed by atoms with Gasteiger partial charge < -0.3 is 10.0 Å². The number of phenols is 1. The number of nitrogens with zero attached hydrogens (tertiary/aromatic N) is 1. The van der Waals surface area contributed by atoms with Crippen LogP contribution in [0.15, 0.2) is 51.8 Å². The minimum absolute atomic E-state index is 0.0718. The van der Waals surface area contributed by atoms with Crippen LogP contribution in [0.1, 0.15) is 28.8 Å². The van der Waals surface area contributed by atoms with E-state index >= 15 is 0 Å². The number of carbonyl (C=O) groups excluding carboxylic acids is 1. The van der Waals surface area contributed by atoms with Crippen molar-refractivity contribution in [2.24, 2.45) is 0 Å². The van der Waals surface area contributed by atoms with Crippen LogP contribution in [0.2, 0.25) is 0 Å². The minimum Gasteiger partial charge on any atom is -0.506 e. The average Bonchev–Trinajstić information content (AvgIpc) is 2.65. The number of benzene rings is 2. The average molecular weight is 453 g/mol. The summed E-state index contributed by atoms with van der Waals surface area (Å²) in [5.74, 6) is -0.321. The fraction of sp³-hybridized carbons (Fsp3) is 0.316. The van der Waals surface area contributed by atoms with Gasteiger partial charge in [-0.15, -0.1) is 0 Å². The van der Waals surface area contributed by atoms with Crippen LogP contribution in [0.4, 0.5) is 0 Å². The Kier molecular flexibility index (Phi) is 5.88. The Bertz CT molecular complexity index is 940. The standard InChI is InChI=1S/C19H21BrN2O4S/c1-13-11-16(18(23)17(20)12-13)19(24)22-9-7-14(8-10-22)21-27(25,26)15-5-3-2-4-6-15/h2-6,11-12,14,21,23H,7-10H2,1H3. The minimum atomic E-state index is -3.57. The Balaban J connectivity index is 1.65. The monoisotopic (exact) mass is 452 g/mol. The van der Waals surface area contributed by atoms with Crippen LogP contribution >= 0.6 is 15.9 Å². The zero-order chi connectivity index (χ0) is 19.6. The lowest BCUT2D eigenvalue weighted by molar-refractivity contribution is 0.0708. The van der Waals surface area contributed by atoms with E-state index < -0.39 is 10.0 Å². The van der Waals surface area contributed by atoms with Gasteiger partial charge in [-0.1, -0.05) is 18.2 Å². The number of nitrogens with one attached hydrogen (secondary N) is 1. The van der Waals surface area contributed by atoms with Gasteiger partial charge in [0.15, 0.2) is 0 Å². The third kappa shape index (κ3) is 4.51. The number of rotatable bonds is 4. The van der Waals surface area contributed by atoms with E-state index in [1.165, 1.54) is 0 Å². The van der Waals surface area contributed by atoms with Gasteiger partial charge in [-0.05, 0) is 65.5 Å². The summed E-state index contributed by atoms with van der Waals surface area (Å²) in [6, 6.07) is 11.4. The molecule has 0 aromatic heterocycles. The van der Waals surface area contributed by atoms with Crippen LogP contribution in [-0.4, -0.2) is 43.5 Å². The Labute approximate surface area is 167 Å². The maximum Gasteiger partial charge on any atom is 0.257 e. The highest BCUT2D eigenvalue weighted by Gasteiger charge is 2.28. The van der Waals surface area contributed by atoms with Crippen molar-refractivity contribution in [3.8, 4) is 5.75 Å². The van der Waals surface area contributed by atoms with E-state index in [0.29, 0.717) is 30.4 Å². The molecule has 27 heavy (non-hydrogen) atoms. The van der Waals surface area contributed by atoms with Crippen molar-refractivity contribution < 1.29 is 18.3 Å². The van der Waals surface area contributed by atoms with Gasteiger partial charge in [0.25, 0.3) is 5.91 Å². The molecule has 8 heteroatoms. The Morgan fingerprint density at radius 2 is 1.81 bits per heavy atom. The van der Waals surface area contributed by atoms with Crippen molar-refractivity contribution in [3.05, 3.63) is 58.1 Å². The molecule has 0 bridgehead atoms. The number of hydrogen-bond acceptors (Lipinski definition) is 4. The second-order valence-corrected chi connectivity index (χ2v) is 9.21. The van der Waals surface area contributed by atoms with Gasteiger partial charge in [-0.25, -0.2) is 13.1 Å². The normalized spacial score (nSPS) is 15.7. The zero-order valence-corrected chi connectivity index (χ0v) is 17.3. The van der Waals surface area contributed by atoms with Crippen molar-refractivity contribution in [2.45, 2.75) is 30.7 Å². The van der Waals surface area contributed by atoms with Gasteiger partial charge in [0, 0.05) is 19.1 Å². The predicted molar refractivity (Wildman–Crippen MR) is 106 cm³/mol. The summed E-state index contributed by atoms with van der Waals surface area (Å²) in [4.78, 5) is 14.6. The first-order valence-electron chi connectivity index (χ1n) is 8.63. The van der Waals surface area contributed by atoms with Crippen LogP contribution in [0.5, 0.6) is 5.75 Å². The van der Waals surface area contributed by atoms with Crippen molar-refractivity contribution in [2.75, 3.05) is 13.1 Å². The van der Waals surface area contributed by atoms with Crippen LogP contribution in [-0.2, 0) is 10.0 Å². The lowest BCUT2D eigenvalue weighted by atomic mass is 10.0. The smallest absolute Gasteiger partial charge is 0.257 e. The summed E-state index contributed by atoms with van der Waals surface area (Å²) in [6.45, 7) is 2.70. The van der Waals surface area contributed by atoms with Gasteiger partial charge in [-0.3, -0.25) is 4.79 Å². The maximum atomic E-state index is 12.7. The summed E-state index contributed by atoms with van der Waals surface area (Å²) >= 11 is 3.26. The van der Waals surface area contributed by atoms with Crippen molar-refractivity contribution in [3.63, 3.8) is 0 Å². The summed E-state index contributed by atoms with van der Waals surface area (Å²) in [7, 11) is -3.57. The van der Waals surface area contributed by atoms with Gasteiger partial charge in [0.2, 0.25) is 10.0 Å². The van der Waals surface area contributed by atoms with E-state index in [9.17, 15) is 18.3 Å². The summed E-state index contributed by atoms with van der Waals surface area (Å²) in [6.07, 6.45) is 1.04. The molecule has 2 aromatic rings. The fourth-order valence-corrected chi connectivity index (χ4v) is 5.06. The first kappa shape index (κ1) is 19.9. The number of amides is 1. The van der Waals surface area contributed by atoms with E-state index in [1.807, 2.05) is 6.92 Å². The SMILES string of the molecule is Cc1cc(Br)c(O)c(C(=O)N2CCC(NS(=O)(=O)c3ccccc3)CC2)c1. The highest BCUT2D eigenvalue weighted by Crippen LogP contribution is 2.31. The van der Waals surface area contributed by atoms with E-state index in [1.54, 1.807) is 47.4 Å². The highest BCUT2D eigenvalue weighted by molar-refractivity contribution is 9.10. The number of aryl methyl sites for hydroxylation is 1. The maximum absolute atomic E-state index is 12.7. The number of carbonyl (C=O) groups is 1. The first-order chi connectivity index (χ1) is 12.8. The number of halogens is 1. The second kappa shape index (κ2) is 8.00. The third-order valence-electron chi connectivity index (χ3n) is 4.60. The Morgan fingerprint density at radius 3 is 2.44 bits per heavy atom. The molecule has 0 radical (unpaired) electrons. The van der Waals surface area contributed by atoms with E-state index in [0.717, 1.165) is 5.56 Å². The van der Waals surface area contributed by atoms with Crippen LogP contribution in [0, 0.1) is 6.92 Å². The lowest BCUT2D eigenvalue weighted by Crippen LogP contribution is -2.46. The summed E-state index contributed by atoms with van der Waals surface area (Å²) in [5, 5.41) is 10.2. The summed E-state index contributed by atoms with van der Waals surface area (Å²) < 4.78 is 28.1. The molecule has 6 nitrogen and oxygen atoms in total. The van der Waals surface area contributed by atoms with Crippen molar-refractivity contribution in [1.82, 2.24) is 9.62 Å². The highest BCUT2D eigenvalue weighted by atomic mass is 79.9. The lowest BCUT2D eigenvalue weighted by Gasteiger charge is -2.32. The molecule has 0 spiro atoms. The van der Waals surface area contributed by atoms with E-state index in [2.05, 4.69) is 20.7 Å². The number of sulfonamides is 1. The molecule has 2 aromatic carbocycles. The molecular formula is C19H21BrN2O4S. The Hall–Kier alpha value is -1.90. The van der Waals surface area contributed by atoms with Gasteiger partial charge in [0.1, 0.15) is 5.75 Å². The van der Waals surface area contributed by atoms with Crippen LogP contribution in [0.3, 0.4) is 0 Å². The predicted octanol–water partition coefficient (Wildman–Crippen LogP) is 3.05. The van der Waals surface area contributed by atoms with Gasteiger partial charge >= 0.3 is 0 Å². The van der Waals surface area contributed by atoms with Crippen molar-refractivity contribution in [1.29, 1.82) is 0 Å². The van der Waals surface area contributed by atoms with E-state index in [4.69, 9.17) is 0 Å². The largest absolute Gasteiger partial charge is 0.506 e. The molecule has 1 heterocycles. The molecule has 3 rings (SSSR count). The molecule has 1 aliphatic heterocycles. The van der Waals surface area contributed by atoms with Crippen LogP contribution < -0.4 is 4.72 Å². The van der Waals surface area contributed by atoms with Gasteiger partial charge in [0.05, 0.1) is 14.9 Å². The number of piperidine rings is 1. The summed E-state index contributed by atoms with van der Waals surface area (Å²) in [5.41, 5.74) is 1.12. The topological polar surface area (TPSA) is 86.7 Å². The Morgan fingerprint density at radius 1 is 1.19 bits per heavy atom. The second-order valence-electron chi connectivity index (χ2n) is 6.64. The molecule has 0 saturated carbocycles. The molecule has 0 atom stereocenters. The zero-order valence-electron chi connectivity index (χ0n) is 14.9. The molecule has 2 N–H and O–H groups in total. The van der Waals surface area contributed by atoms with Crippen LogP contribution in [0.25, 0.3) is 0 Å². The first-order valence-corrected chi connectivity index (χ1v) is 10.9.